The predicted octanol–water partition coefficient (Wildman–Crippen LogP) is 7.47. The smallest absolute Gasteiger partial charge is 0.337 e. The first-order valence-electron chi connectivity index (χ1n) is 16.2. The van der Waals surface area contributed by atoms with Gasteiger partial charge in [-0.3, -0.25) is 0 Å². The first-order chi connectivity index (χ1) is 22.2. The fraction of sp³-hybridized carbons (Fsp3) is 0.432. The van der Waals surface area contributed by atoms with Crippen molar-refractivity contribution in [1.82, 2.24) is 14.6 Å². The highest BCUT2D eigenvalue weighted by atomic mass is 19.1. The second-order valence-electron chi connectivity index (χ2n) is 13.9. The third-order valence-corrected chi connectivity index (χ3v) is 8.86. The highest BCUT2D eigenvalue weighted by molar-refractivity contribution is 5.80. The van der Waals surface area contributed by atoms with E-state index in [0.29, 0.717) is 59.4 Å². The lowest BCUT2D eigenvalue weighted by Gasteiger charge is -2.41. The Bertz CT molecular complexity index is 1850. The van der Waals surface area contributed by atoms with Crippen LogP contribution in [0.25, 0.3) is 28.0 Å². The van der Waals surface area contributed by atoms with Crippen LogP contribution in [0.4, 0.5) is 10.2 Å². The monoisotopic (exact) mass is 642 g/mol. The van der Waals surface area contributed by atoms with Gasteiger partial charge in [0, 0.05) is 42.0 Å². The summed E-state index contributed by atoms with van der Waals surface area (Å²) in [4.78, 5) is 19.8. The molecule has 5 heterocycles. The maximum atomic E-state index is 14.8. The lowest BCUT2D eigenvalue weighted by atomic mass is 9.92. The van der Waals surface area contributed by atoms with Crippen molar-refractivity contribution in [2.24, 2.45) is 0 Å². The van der Waals surface area contributed by atoms with Gasteiger partial charge in [0.1, 0.15) is 23.5 Å². The maximum Gasteiger partial charge on any atom is 0.337 e. The van der Waals surface area contributed by atoms with Crippen LogP contribution < -0.4 is 9.64 Å². The Labute approximate surface area is 275 Å². The summed E-state index contributed by atoms with van der Waals surface area (Å²) in [5.41, 5.74) is 4.17. The molecule has 4 aromatic rings. The van der Waals surface area contributed by atoms with Gasteiger partial charge in [-0.1, -0.05) is 24.3 Å². The van der Waals surface area contributed by atoms with E-state index in [4.69, 9.17) is 24.3 Å². The van der Waals surface area contributed by atoms with Crippen molar-refractivity contribution < 1.29 is 28.5 Å². The molecule has 47 heavy (non-hydrogen) atoms. The third-order valence-electron chi connectivity index (χ3n) is 8.86. The minimum Gasteiger partial charge on any atom is -0.486 e. The van der Waals surface area contributed by atoms with Crippen molar-refractivity contribution in [3.05, 3.63) is 77.3 Å². The zero-order chi connectivity index (χ0) is 33.7. The lowest BCUT2D eigenvalue weighted by molar-refractivity contribution is -0.160. The number of anilines is 1. The number of aromatic nitrogens is 3. The molecular weight excluding hydrogens is 599 g/mol. The summed E-state index contributed by atoms with van der Waals surface area (Å²) in [5, 5.41) is 15.5. The minimum absolute atomic E-state index is 0.319. The number of benzene rings is 2. The maximum absolute atomic E-state index is 14.8. The van der Waals surface area contributed by atoms with Gasteiger partial charge in [-0.15, -0.1) is 0 Å². The largest absolute Gasteiger partial charge is 0.486 e. The SMILES string of the molecule is Cc1cc2c(cc1F)O[C@@H](C)/C=C\COC1(C)CCN(CC1)c1c([C@H](OC(C)(C)C)C(=O)O)c(C)nc3cc(nn13)-c1cccc-2c1. The molecule has 0 unspecified atom stereocenters. The minimum atomic E-state index is -1.25. The molecule has 0 radical (unpaired) electrons. The highest BCUT2D eigenvalue weighted by Gasteiger charge is 2.37. The number of ether oxygens (including phenoxy) is 3. The Hall–Kier alpha value is -4.28. The summed E-state index contributed by atoms with van der Waals surface area (Å²) < 4.78 is 35.4. The quantitative estimate of drug-likeness (QED) is 0.230. The van der Waals surface area contributed by atoms with Gasteiger partial charge < -0.3 is 24.2 Å². The van der Waals surface area contributed by atoms with Gasteiger partial charge in [-0.05, 0) is 90.6 Å². The van der Waals surface area contributed by atoms with Crippen LogP contribution in [0.1, 0.15) is 70.4 Å². The molecule has 2 atom stereocenters. The van der Waals surface area contributed by atoms with Crippen molar-refractivity contribution in [2.45, 2.75) is 84.7 Å². The number of aryl methyl sites for hydroxylation is 2. The van der Waals surface area contributed by atoms with Gasteiger partial charge in [0.2, 0.25) is 0 Å². The standard InChI is InChI=1S/C37H43FN4O5/c1-22-18-27-25-11-8-12-26(19-25)29-21-31-39-24(3)32(33(35(43)44)47-36(4,5)6)34(42(31)40-29)41-15-13-37(7,14-16-41)45-17-9-10-23(2)46-30(27)20-28(22)38/h8-12,18-21,23,33H,13-17H2,1-7H3,(H,43,44)/b10-9-/t23-,33-/m0/s1. The number of carboxylic acids is 1. The molecule has 10 heteroatoms. The molecule has 0 spiro atoms. The van der Waals surface area contributed by atoms with E-state index in [1.54, 1.807) is 17.5 Å². The molecular formula is C37H43FN4O5. The van der Waals surface area contributed by atoms with E-state index >= 15 is 0 Å². The number of fused-ring (bicyclic) bond motifs is 6. The van der Waals surface area contributed by atoms with Crippen LogP contribution in [-0.4, -0.2) is 62.7 Å². The van der Waals surface area contributed by atoms with E-state index in [1.165, 1.54) is 6.07 Å². The Kier molecular flexibility index (Phi) is 8.61. The fourth-order valence-corrected chi connectivity index (χ4v) is 6.36. The molecule has 1 fully saturated rings. The summed E-state index contributed by atoms with van der Waals surface area (Å²) >= 11 is 0. The van der Waals surface area contributed by atoms with Crippen molar-refractivity contribution in [3.63, 3.8) is 0 Å². The molecule has 3 aliphatic rings. The molecule has 9 nitrogen and oxygen atoms in total. The average molecular weight is 643 g/mol. The van der Waals surface area contributed by atoms with Crippen LogP contribution in [0.3, 0.4) is 0 Å². The predicted molar refractivity (Wildman–Crippen MR) is 180 cm³/mol. The van der Waals surface area contributed by atoms with E-state index in [9.17, 15) is 14.3 Å². The molecule has 2 aromatic heterocycles. The fourth-order valence-electron chi connectivity index (χ4n) is 6.36. The van der Waals surface area contributed by atoms with Crippen molar-refractivity contribution in [2.75, 3.05) is 24.6 Å². The summed E-state index contributed by atoms with van der Waals surface area (Å²) in [5.74, 6) is -0.325. The zero-order valence-corrected chi connectivity index (χ0v) is 28.1. The number of aliphatic carboxylic acids is 1. The summed E-state index contributed by atoms with van der Waals surface area (Å²) in [7, 11) is 0. The molecule has 1 saturated heterocycles. The number of hydrogen-bond acceptors (Lipinski definition) is 7. The van der Waals surface area contributed by atoms with Crippen molar-refractivity contribution in [1.29, 1.82) is 0 Å². The molecule has 0 saturated carbocycles. The van der Waals surface area contributed by atoms with Gasteiger partial charge >= 0.3 is 5.97 Å². The van der Waals surface area contributed by atoms with Crippen LogP contribution in [0.5, 0.6) is 5.75 Å². The summed E-state index contributed by atoms with van der Waals surface area (Å²) in [6.45, 7) is 14.8. The van der Waals surface area contributed by atoms with Crippen molar-refractivity contribution in [3.8, 4) is 28.1 Å². The van der Waals surface area contributed by atoms with E-state index in [0.717, 1.165) is 29.5 Å². The van der Waals surface area contributed by atoms with Crippen molar-refractivity contribution >= 4 is 17.4 Å². The molecule has 0 aliphatic carbocycles. The van der Waals surface area contributed by atoms with Gasteiger partial charge in [-0.25, -0.2) is 14.2 Å². The lowest BCUT2D eigenvalue weighted by Crippen LogP contribution is -2.45. The first-order valence-corrected chi connectivity index (χ1v) is 16.2. The number of halogens is 1. The molecule has 0 amide bonds. The van der Waals surface area contributed by atoms with E-state index in [-0.39, 0.29) is 17.5 Å². The number of nitrogens with zero attached hydrogens (tertiary/aromatic N) is 4. The number of carboxylic acid groups (broad SMARTS) is 1. The molecule has 1 N–H and O–H groups in total. The summed E-state index contributed by atoms with van der Waals surface area (Å²) in [6, 6.07) is 13.0. The van der Waals surface area contributed by atoms with Crippen LogP contribution in [0, 0.1) is 19.7 Å². The van der Waals surface area contributed by atoms with Gasteiger partial charge in [0.15, 0.2) is 11.8 Å². The van der Waals surface area contributed by atoms with Gasteiger partial charge in [-0.2, -0.15) is 9.61 Å². The molecule has 248 valence electrons. The number of hydrogen-bond donors (Lipinski definition) is 1. The van der Waals surface area contributed by atoms with Crippen LogP contribution >= 0.6 is 0 Å². The number of piperidine rings is 1. The van der Waals surface area contributed by atoms with E-state index in [2.05, 4.69) is 11.8 Å². The van der Waals surface area contributed by atoms with E-state index in [1.807, 2.05) is 77.1 Å². The van der Waals surface area contributed by atoms with Crippen LogP contribution in [0.2, 0.25) is 0 Å². The average Bonchev–Trinajstić information content (AvgIpc) is 3.43. The third kappa shape index (κ3) is 6.75. The highest BCUT2D eigenvalue weighted by Crippen LogP contribution is 2.39. The topological polar surface area (TPSA) is 98.4 Å². The normalized spacial score (nSPS) is 21.4. The van der Waals surface area contributed by atoms with E-state index < -0.39 is 17.7 Å². The summed E-state index contributed by atoms with van der Waals surface area (Å²) in [6.07, 6.45) is 3.74. The zero-order valence-electron chi connectivity index (χ0n) is 28.1. The van der Waals surface area contributed by atoms with Gasteiger partial charge in [0.05, 0.1) is 29.1 Å². The Morgan fingerprint density at radius 3 is 2.55 bits per heavy atom. The number of carbonyl (C=O) groups is 1. The Morgan fingerprint density at radius 2 is 1.85 bits per heavy atom. The molecule has 2 aromatic carbocycles. The molecule has 3 aliphatic heterocycles. The Morgan fingerprint density at radius 1 is 1.13 bits per heavy atom. The molecule has 6 bridgehead atoms. The van der Waals surface area contributed by atoms with Crippen LogP contribution in [-0.2, 0) is 14.3 Å². The second kappa shape index (κ2) is 12.4. The van der Waals surface area contributed by atoms with Gasteiger partial charge in [0.25, 0.3) is 0 Å². The Balaban J connectivity index is 1.57. The number of rotatable bonds is 3. The first kappa shape index (κ1) is 32.7. The molecule has 7 rings (SSSR count). The van der Waals surface area contributed by atoms with Crippen LogP contribution in [0.15, 0.2) is 54.6 Å². The second-order valence-corrected chi connectivity index (χ2v) is 13.9.